The number of primary amides is 1. The summed E-state index contributed by atoms with van der Waals surface area (Å²) in [5.74, 6) is -0.491. The zero-order chi connectivity index (χ0) is 20.3. The monoisotopic (exact) mass is 383 g/mol. The number of carbonyl (C=O) groups excluding carboxylic acids is 2. The Hall–Kier alpha value is -3.13. The van der Waals surface area contributed by atoms with Gasteiger partial charge in [-0.25, -0.2) is 4.98 Å². The van der Waals surface area contributed by atoms with Crippen molar-refractivity contribution in [2.24, 2.45) is 17.4 Å². The maximum atomic E-state index is 12.5. The number of H-pyrrole nitrogens is 1. The highest BCUT2D eigenvalue weighted by atomic mass is 16.3. The quantitative estimate of drug-likeness (QED) is 0.471. The van der Waals surface area contributed by atoms with Crippen molar-refractivity contribution >= 4 is 22.7 Å². The van der Waals surface area contributed by atoms with Crippen LogP contribution in [0.3, 0.4) is 0 Å². The maximum Gasteiger partial charge on any atom is 0.273 e. The molecule has 0 aliphatic carbocycles. The van der Waals surface area contributed by atoms with Gasteiger partial charge in [-0.15, -0.1) is 0 Å². The van der Waals surface area contributed by atoms with Crippen LogP contribution in [-0.2, 0) is 11.2 Å². The van der Waals surface area contributed by atoms with Gasteiger partial charge in [0.15, 0.2) is 5.69 Å². The van der Waals surface area contributed by atoms with Crippen LogP contribution in [-0.4, -0.2) is 27.8 Å². The van der Waals surface area contributed by atoms with E-state index in [0.29, 0.717) is 18.2 Å². The van der Waals surface area contributed by atoms with Crippen LogP contribution < -0.4 is 16.8 Å². The molecule has 0 saturated carbocycles. The Morgan fingerprint density at radius 2 is 2.04 bits per heavy atom. The number of amides is 2. The van der Waals surface area contributed by atoms with E-state index in [1.807, 2.05) is 44.3 Å². The van der Waals surface area contributed by atoms with Crippen LogP contribution in [0.1, 0.15) is 48.3 Å². The number of nitrogens with zero attached hydrogens (tertiary/aromatic N) is 1. The molecule has 2 heterocycles. The molecule has 2 amide bonds. The summed E-state index contributed by atoms with van der Waals surface area (Å²) in [4.78, 5) is 31.7. The van der Waals surface area contributed by atoms with Gasteiger partial charge in [-0.2, -0.15) is 0 Å². The Bertz CT molecular complexity index is 975. The average Bonchev–Trinajstić information content (AvgIpc) is 3.28. The van der Waals surface area contributed by atoms with Crippen molar-refractivity contribution in [1.82, 2.24) is 15.3 Å². The van der Waals surface area contributed by atoms with Gasteiger partial charge >= 0.3 is 0 Å². The number of oxazole rings is 1. The molecule has 0 fully saturated rings. The Morgan fingerprint density at radius 3 is 2.75 bits per heavy atom. The number of benzene rings is 1. The van der Waals surface area contributed by atoms with Crippen molar-refractivity contribution < 1.29 is 14.0 Å². The first-order chi connectivity index (χ1) is 13.3. The lowest BCUT2D eigenvalue weighted by atomic mass is 10.0. The molecule has 2 unspecified atom stereocenters. The van der Waals surface area contributed by atoms with Crippen molar-refractivity contribution in [3.63, 3.8) is 0 Å². The van der Waals surface area contributed by atoms with Crippen LogP contribution in [0.5, 0.6) is 0 Å². The van der Waals surface area contributed by atoms with E-state index in [0.717, 1.165) is 16.5 Å². The number of aromatic nitrogens is 2. The lowest BCUT2D eigenvalue weighted by Crippen LogP contribution is -2.46. The molecule has 0 radical (unpaired) electrons. The number of nitrogens with two attached hydrogens (primary N) is 2. The predicted octanol–water partition coefficient (Wildman–Crippen LogP) is 2.03. The van der Waals surface area contributed by atoms with Crippen molar-refractivity contribution in [2.45, 2.75) is 38.8 Å². The van der Waals surface area contributed by atoms with Gasteiger partial charge < -0.3 is 26.2 Å². The first-order valence-corrected chi connectivity index (χ1v) is 9.21. The third-order valence-electron chi connectivity index (χ3n) is 4.54. The van der Waals surface area contributed by atoms with Gasteiger partial charge in [0.2, 0.25) is 11.8 Å². The van der Waals surface area contributed by atoms with E-state index in [4.69, 9.17) is 15.9 Å². The molecule has 3 aromatic rings. The second-order valence-electron chi connectivity index (χ2n) is 7.30. The highest BCUT2D eigenvalue weighted by Gasteiger charge is 2.24. The van der Waals surface area contributed by atoms with Crippen LogP contribution in [0.2, 0.25) is 0 Å². The third kappa shape index (κ3) is 4.40. The normalized spacial score (nSPS) is 13.6. The van der Waals surface area contributed by atoms with Gasteiger partial charge in [0.25, 0.3) is 5.91 Å². The second kappa shape index (κ2) is 8.26. The molecule has 148 valence electrons. The molecule has 0 aliphatic heterocycles. The molecule has 0 spiro atoms. The van der Waals surface area contributed by atoms with Crippen molar-refractivity contribution in [3.8, 4) is 0 Å². The standard InChI is InChI=1S/C20H25N5O3/c1-11(2)7-14(21)20-25-17(10-28-20)19(27)24-16(18(22)26)8-12-9-23-15-6-4-3-5-13(12)15/h3-6,9-11,14,16,23H,7-8,21H2,1-2H3,(H2,22,26)(H,24,27). The molecular formula is C20H25N5O3. The fourth-order valence-corrected chi connectivity index (χ4v) is 3.15. The Kier molecular flexibility index (Phi) is 5.79. The summed E-state index contributed by atoms with van der Waals surface area (Å²) in [5, 5.41) is 3.62. The summed E-state index contributed by atoms with van der Waals surface area (Å²) in [6.07, 6.45) is 4.01. The fraction of sp³-hybridized carbons (Fsp3) is 0.350. The topological polar surface area (TPSA) is 140 Å². The smallest absolute Gasteiger partial charge is 0.273 e. The highest BCUT2D eigenvalue weighted by Crippen LogP contribution is 2.20. The summed E-state index contributed by atoms with van der Waals surface area (Å²) in [7, 11) is 0. The number of rotatable bonds is 8. The van der Waals surface area contributed by atoms with Gasteiger partial charge in [0.1, 0.15) is 12.3 Å². The summed E-state index contributed by atoms with van der Waals surface area (Å²) >= 11 is 0. The number of aromatic amines is 1. The van der Waals surface area contributed by atoms with Crippen LogP contribution >= 0.6 is 0 Å². The minimum absolute atomic E-state index is 0.0689. The summed E-state index contributed by atoms with van der Waals surface area (Å²) < 4.78 is 5.34. The lowest BCUT2D eigenvalue weighted by Gasteiger charge is -2.14. The van der Waals surface area contributed by atoms with E-state index in [2.05, 4.69) is 15.3 Å². The zero-order valence-electron chi connectivity index (χ0n) is 15.9. The number of nitrogens with one attached hydrogen (secondary N) is 2. The molecule has 3 rings (SSSR count). The average molecular weight is 383 g/mol. The number of carbonyl (C=O) groups is 2. The molecule has 2 atom stereocenters. The van der Waals surface area contributed by atoms with Gasteiger partial charge in [-0.3, -0.25) is 9.59 Å². The predicted molar refractivity (Wildman–Crippen MR) is 105 cm³/mol. The largest absolute Gasteiger partial charge is 0.446 e. The number of fused-ring (bicyclic) bond motifs is 1. The number of hydrogen-bond acceptors (Lipinski definition) is 5. The van der Waals surface area contributed by atoms with E-state index >= 15 is 0 Å². The summed E-state index contributed by atoms with van der Waals surface area (Å²) in [6, 6.07) is 6.45. The first-order valence-electron chi connectivity index (χ1n) is 9.21. The molecule has 8 nitrogen and oxygen atoms in total. The van der Waals surface area contributed by atoms with Gasteiger partial charge in [-0.1, -0.05) is 32.0 Å². The molecule has 0 saturated heterocycles. The number of hydrogen-bond donors (Lipinski definition) is 4. The maximum absolute atomic E-state index is 12.5. The van der Waals surface area contributed by atoms with Crippen LogP contribution in [0, 0.1) is 5.92 Å². The fourth-order valence-electron chi connectivity index (χ4n) is 3.15. The molecule has 0 bridgehead atoms. The Labute approximate surface area is 162 Å². The van der Waals surface area contributed by atoms with E-state index in [1.54, 1.807) is 0 Å². The number of para-hydroxylation sites is 1. The minimum Gasteiger partial charge on any atom is -0.446 e. The molecule has 6 N–H and O–H groups in total. The molecular weight excluding hydrogens is 358 g/mol. The molecule has 8 heteroatoms. The van der Waals surface area contributed by atoms with Crippen LogP contribution in [0.25, 0.3) is 10.9 Å². The van der Waals surface area contributed by atoms with Crippen LogP contribution in [0.15, 0.2) is 41.1 Å². The van der Waals surface area contributed by atoms with Gasteiger partial charge in [0.05, 0.1) is 6.04 Å². The highest BCUT2D eigenvalue weighted by molar-refractivity contribution is 5.96. The summed E-state index contributed by atoms with van der Waals surface area (Å²) in [6.45, 7) is 4.08. The van der Waals surface area contributed by atoms with E-state index in [1.165, 1.54) is 6.26 Å². The van der Waals surface area contributed by atoms with E-state index < -0.39 is 17.9 Å². The van der Waals surface area contributed by atoms with Gasteiger partial charge in [-0.05, 0) is 24.0 Å². The van der Waals surface area contributed by atoms with Crippen molar-refractivity contribution in [3.05, 3.63) is 53.9 Å². The van der Waals surface area contributed by atoms with Crippen molar-refractivity contribution in [1.29, 1.82) is 0 Å². The molecule has 1 aromatic carbocycles. The molecule has 28 heavy (non-hydrogen) atoms. The second-order valence-corrected chi connectivity index (χ2v) is 7.30. The molecule has 0 aliphatic rings. The lowest BCUT2D eigenvalue weighted by molar-refractivity contribution is -0.119. The molecule has 2 aromatic heterocycles. The zero-order valence-corrected chi connectivity index (χ0v) is 15.9. The van der Waals surface area contributed by atoms with Crippen LogP contribution in [0.4, 0.5) is 0 Å². The van der Waals surface area contributed by atoms with E-state index in [9.17, 15) is 9.59 Å². The van der Waals surface area contributed by atoms with Crippen molar-refractivity contribution in [2.75, 3.05) is 0 Å². The van der Waals surface area contributed by atoms with Gasteiger partial charge in [0, 0.05) is 23.5 Å². The third-order valence-corrected chi connectivity index (χ3v) is 4.54. The minimum atomic E-state index is -0.879. The van der Waals surface area contributed by atoms with E-state index in [-0.39, 0.29) is 18.2 Å². The Morgan fingerprint density at radius 1 is 1.29 bits per heavy atom. The Balaban J connectivity index is 1.71. The first kappa shape index (κ1) is 19.6. The SMILES string of the molecule is CC(C)CC(N)c1nc(C(=O)NC(Cc2c[nH]c3ccccc23)C(N)=O)co1. The summed E-state index contributed by atoms with van der Waals surface area (Å²) in [5.41, 5.74) is 13.4.